The normalized spacial score (nSPS) is 11.4. The van der Waals surface area contributed by atoms with Gasteiger partial charge in [0.1, 0.15) is 0 Å². The van der Waals surface area contributed by atoms with Crippen LogP contribution in [0.25, 0.3) is 76.8 Å². The lowest BCUT2D eigenvalue weighted by molar-refractivity contribution is 1.14. The van der Waals surface area contributed by atoms with Gasteiger partial charge in [0.25, 0.3) is 0 Å². The minimum Gasteiger partial charge on any atom is -0.264 e. The molecule has 8 rings (SSSR count). The van der Waals surface area contributed by atoms with Crippen LogP contribution >= 0.6 is 0 Å². The number of benzene rings is 6. The quantitative estimate of drug-likeness (QED) is 0.195. The van der Waals surface area contributed by atoms with Crippen molar-refractivity contribution in [2.75, 3.05) is 0 Å². The van der Waals surface area contributed by atoms with Crippen molar-refractivity contribution in [3.8, 4) is 44.5 Å². The molecule has 0 aliphatic carbocycles. The molecular weight excluding hydrogens is 532 g/mol. The van der Waals surface area contributed by atoms with Crippen molar-refractivity contribution in [3.05, 3.63) is 158 Å². The number of fused-ring (bicyclic) bond motifs is 3. The van der Waals surface area contributed by atoms with E-state index in [1.165, 1.54) is 65.7 Å². The summed E-state index contributed by atoms with van der Waals surface area (Å²) in [5.74, 6) is 0. The van der Waals surface area contributed by atoms with E-state index in [2.05, 4.69) is 138 Å². The van der Waals surface area contributed by atoms with Crippen molar-refractivity contribution in [3.63, 3.8) is 0 Å². The van der Waals surface area contributed by atoms with Crippen LogP contribution < -0.4 is 0 Å². The fraction of sp³-hybridized carbons (Fsp3) is 0.0476. The van der Waals surface area contributed by atoms with Gasteiger partial charge in [-0.3, -0.25) is 9.97 Å². The number of hydrogen-bond acceptors (Lipinski definition) is 2. The van der Waals surface area contributed by atoms with Gasteiger partial charge < -0.3 is 0 Å². The minimum atomic E-state index is 1.03. The summed E-state index contributed by atoms with van der Waals surface area (Å²) in [6.45, 7) is 2.21. The van der Waals surface area contributed by atoms with Gasteiger partial charge in [0.2, 0.25) is 0 Å². The highest BCUT2D eigenvalue weighted by Crippen LogP contribution is 2.46. The fourth-order valence-electron chi connectivity index (χ4n) is 6.78. The van der Waals surface area contributed by atoms with Crippen LogP contribution in [-0.2, 0) is 6.42 Å². The zero-order valence-corrected chi connectivity index (χ0v) is 24.5. The SMILES string of the molecule is CCc1ccc(-c2c3ccccc3c(-c3cccc4c(-c5ccncc5-c5cccnc5)cccc34)c3ccccc23)cc1. The number of rotatable bonds is 5. The molecule has 2 heteroatoms. The van der Waals surface area contributed by atoms with E-state index in [4.69, 9.17) is 0 Å². The van der Waals surface area contributed by atoms with Crippen molar-refractivity contribution in [2.24, 2.45) is 0 Å². The Bertz CT molecular complexity index is 2240. The predicted octanol–water partition coefficient (Wildman–Crippen LogP) is 11.2. The molecule has 2 aromatic heterocycles. The third-order valence-corrected chi connectivity index (χ3v) is 8.86. The molecule has 0 amide bonds. The van der Waals surface area contributed by atoms with Gasteiger partial charge in [0.05, 0.1) is 0 Å². The van der Waals surface area contributed by atoms with E-state index >= 15 is 0 Å². The summed E-state index contributed by atoms with van der Waals surface area (Å²) < 4.78 is 0. The molecule has 2 heterocycles. The van der Waals surface area contributed by atoms with Crippen LogP contribution in [0.3, 0.4) is 0 Å². The molecule has 2 nitrogen and oxygen atoms in total. The van der Waals surface area contributed by atoms with Crippen molar-refractivity contribution >= 4 is 32.3 Å². The van der Waals surface area contributed by atoms with Crippen LogP contribution in [0.4, 0.5) is 0 Å². The first-order valence-electron chi connectivity index (χ1n) is 15.2. The molecule has 0 saturated carbocycles. The second-order valence-corrected chi connectivity index (χ2v) is 11.3. The first-order valence-corrected chi connectivity index (χ1v) is 15.2. The zero-order valence-electron chi connectivity index (χ0n) is 24.5. The highest BCUT2D eigenvalue weighted by Gasteiger charge is 2.19. The smallest absolute Gasteiger partial charge is 0.0353 e. The summed E-state index contributed by atoms with van der Waals surface area (Å²) >= 11 is 0. The molecule has 44 heavy (non-hydrogen) atoms. The largest absolute Gasteiger partial charge is 0.264 e. The first-order chi connectivity index (χ1) is 21.8. The van der Waals surface area contributed by atoms with E-state index < -0.39 is 0 Å². The Kier molecular flexibility index (Phi) is 6.46. The highest BCUT2D eigenvalue weighted by molar-refractivity contribution is 6.24. The van der Waals surface area contributed by atoms with Gasteiger partial charge in [-0.2, -0.15) is 0 Å². The molecule has 0 aliphatic rings. The summed E-state index contributed by atoms with van der Waals surface area (Å²) in [6, 6.07) is 46.5. The maximum Gasteiger partial charge on any atom is 0.0353 e. The average Bonchev–Trinajstić information content (AvgIpc) is 3.10. The molecule has 0 fully saturated rings. The van der Waals surface area contributed by atoms with Crippen LogP contribution in [0.15, 0.2) is 152 Å². The Morgan fingerprint density at radius 3 is 1.61 bits per heavy atom. The van der Waals surface area contributed by atoms with E-state index in [-0.39, 0.29) is 0 Å². The van der Waals surface area contributed by atoms with Crippen LogP contribution in [-0.4, -0.2) is 9.97 Å². The van der Waals surface area contributed by atoms with E-state index in [1.54, 1.807) is 0 Å². The molecule has 0 atom stereocenters. The number of pyridine rings is 2. The number of aromatic nitrogens is 2. The Balaban J connectivity index is 1.42. The second kappa shape index (κ2) is 10.9. The average molecular weight is 563 g/mol. The van der Waals surface area contributed by atoms with Gasteiger partial charge in [-0.05, 0) is 89.8 Å². The van der Waals surface area contributed by atoms with Crippen molar-refractivity contribution in [1.29, 1.82) is 0 Å². The van der Waals surface area contributed by atoms with E-state index in [1.807, 2.05) is 30.9 Å². The maximum absolute atomic E-state index is 4.48. The Morgan fingerprint density at radius 1 is 0.386 bits per heavy atom. The maximum atomic E-state index is 4.48. The molecule has 0 bridgehead atoms. The summed E-state index contributed by atoms with van der Waals surface area (Å²) in [5.41, 5.74) is 10.9. The first kappa shape index (κ1) is 26.1. The van der Waals surface area contributed by atoms with Crippen molar-refractivity contribution < 1.29 is 0 Å². The van der Waals surface area contributed by atoms with E-state index in [0.717, 1.165) is 23.1 Å². The molecule has 0 aliphatic heterocycles. The standard InChI is InChI=1S/C42H30N2/c1-2-28-19-21-29(22-20-28)41-36-11-3-5-13-38(36)42(39-14-6-4-12-37(39)41)35-18-8-16-31-32(15-7-17-33(31)35)34-23-25-44-27-40(34)30-10-9-24-43-26-30/h3-27H,2H2,1H3. The monoisotopic (exact) mass is 562 g/mol. The lowest BCUT2D eigenvalue weighted by Gasteiger charge is -2.19. The molecule has 0 radical (unpaired) electrons. The summed E-state index contributed by atoms with van der Waals surface area (Å²) in [6.07, 6.45) is 8.58. The number of hydrogen-bond donors (Lipinski definition) is 0. The van der Waals surface area contributed by atoms with Gasteiger partial charge in [-0.15, -0.1) is 0 Å². The number of aryl methyl sites for hydroxylation is 1. The molecule has 0 N–H and O–H groups in total. The third-order valence-electron chi connectivity index (χ3n) is 8.86. The molecule has 208 valence electrons. The molecule has 0 saturated heterocycles. The summed E-state index contributed by atoms with van der Waals surface area (Å²) in [7, 11) is 0. The van der Waals surface area contributed by atoms with Gasteiger partial charge in [0.15, 0.2) is 0 Å². The van der Waals surface area contributed by atoms with Gasteiger partial charge in [-0.25, -0.2) is 0 Å². The number of nitrogens with zero attached hydrogens (tertiary/aromatic N) is 2. The summed E-state index contributed by atoms with van der Waals surface area (Å²) in [4.78, 5) is 8.86. The van der Waals surface area contributed by atoms with Crippen LogP contribution in [0.5, 0.6) is 0 Å². The molecule has 0 spiro atoms. The molecule has 0 unspecified atom stereocenters. The van der Waals surface area contributed by atoms with E-state index in [0.29, 0.717) is 0 Å². The van der Waals surface area contributed by atoms with Crippen molar-refractivity contribution in [2.45, 2.75) is 13.3 Å². The molecule has 8 aromatic rings. The Hall–Kier alpha value is -5.60. The Labute approximate surface area is 257 Å². The fourth-order valence-corrected chi connectivity index (χ4v) is 6.78. The van der Waals surface area contributed by atoms with Gasteiger partial charge in [-0.1, -0.05) is 122 Å². The highest BCUT2D eigenvalue weighted by atomic mass is 14.6. The van der Waals surface area contributed by atoms with Crippen LogP contribution in [0.1, 0.15) is 12.5 Å². The molecular formula is C42H30N2. The van der Waals surface area contributed by atoms with E-state index in [9.17, 15) is 0 Å². The van der Waals surface area contributed by atoms with Crippen LogP contribution in [0, 0.1) is 0 Å². The zero-order chi connectivity index (χ0) is 29.5. The third kappa shape index (κ3) is 4.27. The lowest BCUT2D eigenvalue weighted by atomic mass is 9.84. The second-order valence-electron chi connectivity index (χ2n) is 11.3. The predicted molar refractivity (Wildman–Crippen MR) is 186 cm³/mol. The molecule has 6 aromatic carbocycles. The Morgan fingerprint density at radius 2 is 0.977 bits per heavy atom. The van der Waals surface area contributed by atoms with Gasteiger partial charge in [0, 0.05) is 35.9 Å². The lowest BCUT2D eigenvalue weighted by Crippen LogP contribution is -1.93. The topological polar surface area (TPSA) is 25.8 Å². The minimum absolute atomic E-state index is 1.03. The summed E-state index contributed by atoms with van der Waals surface area (Å²) in [5, 5.41) is 7.51. The van der Waals surface area contributed by atoms with Crippen molar-refractivity contribution in [1.82, 2.24) is 9.97 Å². The van der Waals surface area contributed by atoms with Gasteiger partial charge >= 0.3 is 0 Å². The van der Waals surface area contributed by atoms with Crippen LogP contribution in [0.2, 0.25) is 0 Å².